The third-order valence-corrected chi connectivity index (χ3v) is 8.48. The van der Waals surface area contributed by atoms with Crippen LogP contribution >= 0.6 is 34.8 Å². The number of rotatable bonds is 9. The van der Waals surface area contributed by atoms with Crippen molar-refractivity contribution in [2.45, 2.75) is 37.8 Å². The van der Waals surface area contributed by atoms with Gasteiger partial charge in [-0.1, -0.05) is 53.0 Å². The second kappa shape index (κ2) is 11.8. The fraction of sp³-hybridized carbons (Fsp3) is 0.219. The van der Waals surface area contributed by atoms with E-state index >= 15 is 0 Å². The van der Waals surface area contributed by atoms with Crippen molar-refractivity contribution in [3.05, 3.63) is 110 Å². The topological polar surface area (TPSA) is 91.8 Å². The molecule has 10 heteroatoms. The van der Waals surface area contributed by atoms with Gasteiger partial charge in [0, 0.05) is 29.9 Å². The number of ketones is 1. The van der Waals surface area contributed by atoms with Gasteiger partial charge < -0.3 is 20.1 Å². The van der Waals surface area contributed by atoms with E-state index in [1.807, 2.05) is 18.2 Å². The smallest absolute Gasteiger partial charge is 0.337 e. The van der Waals surface area contributed by atoms with Gasteiger partial charge in [0.15, 0.2) is 5.78 Å². The normalized spacial score (nSPS) is 16.0. The second-order valence-electron chi connectivity index (χ2n) is 10.4. The van der Waals surface area contributed by atoms with Crippen LogP contribution in [0.3, 0.4) is 0 Å². The highest BCUT2D eigenvalue weighted by Gasteiger charge is 2.38. The number of carbonyl (C=O) groups is 2. The molecular weight excluding hydrogens is 597 g/mol. The van der Waals surface area contributed by atoms with E-state index < -0.39 is 12.0 Å². The molecule has 42 heavy (non-hydrogen) atoms. The highest BCUT2D eigenvalue weighted by molar-refractivity contribution is 6.35. The summed E-state index contributed by atoms with van der Waals surface area (Å²) in [6.45, 7) is 0.556. The van der Waals surface area contributed by atoms with Gasteiger partial charge in [-0.25, -0.2) is 9.78 Å². The largest absolute Gasteiger partial charge is 0.478 e. The minimum Gasteiger partial charge on any atom is -0.478 e. The lowest BCUT2D eigenvalue weighted by Gasteiger charge is -2.37. The second-order valence-corrected chi connectivity index (χ2v) is 11.6. The average molecular weight is 623 g/mol. The van der Waals surface area contributed by atoms with Gasteiger partial charge >= 0.3 is 5.97 Å². The molecule has 2 aliphatic rings. The summed E-state index contributed by atoms with van der Waals surface area (Å²) in [6, 6.07) is 19.7. The number of aryl methyl sites for hydroxylation is 2. The summed E-state index contributed by atoms with van der Waals surface area (Å²) in [5.41, 5.74) is 4.12. The highest BCUT2D eigenvalue weighted by atomic mass is 35.5. The van der Waals surface area contributed by atoms with Crippen LogP contribution in [-0.2, 0) is 12.8 Å². The first-order valence-electron chi connectivity index (χ1n) is 13.6. The Morgan fingerprint density at radius 3 is 2.50 bits per heavy atom. The van der Waals surface area contributed by atoms with E-state index in [0.717, 1.165) is 35.3 Å². The van der Waals surface area contributed by atoms with Crippen molar-refractivity contribution >= 4 is 57.9 Å². The summed E-state index contributed by atoms with van der Waals surface area (Å²) in [4.78, 5) is 31.7. The Morgan fingerprint density at radius 2 is 1.74 bits per heavy atom. The summed E-state index contributed by atoms with van der Waals surface area (Å²) in [5, 5.41) is 13.5. The van der Waals surface area contributed by atoms with Gasteiger partial charge in [0.2, 0.25) is 5.88 Å². The maximum absolute atomic E-state index is 13.8. The van der Waals surface area contributed by atoms with E-state index in [-0.39, 0.29) is 28.0 Å². The number of anilines is 2. The summed E-state index contributed by atoms with van der Waals surface area (Å²) in [5.74, 6) is -0.756. The first kappa shape index (κ1) is 28.3. The van der Waals surface area contributed by atoms with Crippen molar-refractivity contribution in [3.8, 4) is 11.6 Å². The van der Waals surface area contributed by atoms with Crippen LogP contribution in [0.5, 0.6) is 11.6 Å². The summed E-state index contributed by atoms with van der Waals surface area (Å²) in [7, 11) is 0. The molecule has 6 rings (SSSR count). The van der Waals surface area contributed by atoms with Crippen molar-refractivity contribution in [2.75, 3.05) is 16.8 Å². The van der Waals surface area contributed by atoms with Gasteiger partial charge in [0.25, 0.3) is 0 Å². The maximum Gasteiger partial charge on any atom is 0.337 e. The molecular formula is C32H26Cl3N3O4. The molecule has 0 saturated heterocycles. The van der Waals surface area contributed by atoms with Crippen molar-refractivity contribution in [1.82, 2.24) is 4.98 Å². The fourth-order valence-electron chi connectivity index (χ4n) is 5.21. The monoisotopic (exact) mass is 621 g/mol. The van der Waals surface area contributed by atoms with Crippen LogP contribution in [0.1, 0.15) is 44.7 Å². The molecule has 1 fully saturated rings. The average Bonchev–Trinajstić information content (AvgIpc) is 3.83. The lowest BCUT2D eigenvalue weighted by atomic mass is 10.0. The van der Waals surface area contributed by atoms with Crippen molar-refractivity contribution in [1.29, 1.82) is 0 Å². The molecule has 1 aliphatic heterocycles. The lowest BCUT2D eigenvalue weighted by molar-refractivity contribution is 0.0696. The van der Waals surface area contributed by atoms with Crippen molar-refractivity contribution in [2.24, 2.45) is 0 Å². The van der Waals surface area contributed by atoms with Crippen LogP contribution in [0.25, 0.3) is 0 Å². The molecule has 4 aromatic rings. The SMILES string of the molecule is O=C(O)c1ccc(CCc2cc(Cl)c(Oc3ncccc3C(=O)C3CN(C4CC4)c4ccccc4N3)cc2Cl)cc1Cl. The van der Waals surface area contributed by atoms with Crippen LogP contribution in [0.2, 0.25) is 15.1 Å². The molecule has 0 spiro atoms. The predicted molar refractivity (Wildman–Crippen MR) is 165 cm³/mol. The van der Waals surface area contributed by atoms with Gasteiger partial charge in [0.05, 0.1) is 32.5 Å². The number of carbonyl (C=O) groups excluding carboxylic acids is 1. The maximum atomic E-state index is 13.8. The number of halogens is 3. The van der Waals surface area contributed by atoms with Gasteiger partial charge in [-0.2, -0.15) is 0 Å². The standard InChI is InChI=1S/C32H26Cl3N3O4/c33-23-16-29(25(35)15-19(23)9-7-18-8-12-21(32(40)41)24(34)14-18)42-31-22(4-3-13-36-31)30(39)27-17-38(20-10-11-20)28-6-2-1-5-26(28)37-27/h1-6,8,12-16,20,27,37H,7,9-11,17H2,(H,40,41). The fourth-order valence-corrected chi connectivity index (χ4v) is 5.97. The minimum atomic E-state index is -1.07. The number of ether oxygens (including phenoxy) is 1. The summed E-state index contributed by atoms with van der Waals surface area (Å²) < 4.78 is 6.10. The Labute approximate surface area is 258 Å². The third-order valence-electron chi connectivity index (χ3n) is 7.52. The Hall–Kier alpha value is -3.78. The molecule has 0 amide bonds. The van der Waals surface area contributed by atoms with Gasteiger partial charge in [-0.05, 0) is 79.3 Å². The van der Waals surface area contributed by atoms with Crippen LogP contribution < -0.4 is 15.0 Å². The summed E-state index contributed by atoms with van der Waals surface area (Å²) in [6.07, 6.45) is 4.93. The van der Waals surface area contributed by atoms with Crippen LogP contribution in [0.4, 0.5) is 11.4 Å². The molecule has 0 bridgehead atoms. The number of nitrogens with zero attached hydrogens (tertiary/aromatic N) is 2. The third kappa shape index (κ3) is 5.91. The molecule has 7 nitrogen and oxygen atoms in total. The zero-order valence-corrected chi connectivity index (χ0v) is 24.6. The number of aromatic carboxylic acids is 1. The van der Waals surface area contributed by atoms with E-state index in [0.29, 0.717) is 41.0 Å². The molecule has 2 heterocycles. The molecule has 0 radical (unpaired) electrons. The molecule has 214 valence electrons. The minimum absolute atomic E-state index is 0.0553. The number of carboxylic acid groups (broad SMARTS) is 1. The first-order valence-corrected chi connectivity index (χ1v) is 14.7. The number of hydrogen-bond acceptors (Lipinski definition) is 6. The predicted octanol–water partition coefficient (Wildman–Crippen LogP) is 7.96. The number of benzene rings is 3. The number of carboxylic acids is 1. The molecule has 1 atom stereocenters. The molecule has 1 saturated carbocycles. The van der Waals surface area contributed by atoms with Crippen molar-refractivity contribution in [3.63, 3.8) is 0 Å². The number of pyridine rings is 1. The number of Topliss-reactive ketones (excluding diaryl/α,β-unsaturated/α-hetero) is 1. The number of fused-ring (bicyclic) bond motifs is 1. The molecule has 1 unspecified atom stereocenters. The Bertz CT molecular complexity index is 1690. The molecule has 3 aromatic carbocycles. The Morgan fingerprint density at radius 1 is 0.929 bits per heavy atom. The van der Waals surface area contributed by atoms with Gasteiger partial charge in [-0.15, -0.1) is 0 Å². The Kier molecular flexibility index (Phi) is 7.99. The lowest BCUT2D eigenvalue weighted by Crippen LogP contribution is -2.47. The van der Waals surface area contributed by atoms with Crippen LogP contribution in [-0.4, -0.2) is 40.5 Å². The van der Waals surface area contributed by atoms with E-state index in [1.165, 1.54) is 6.07 Å². The number of hydrogen-bond donors (Lipinski definition) is 2. The molecule has 1 aromatic heterocycles. The van der Waals surface area contributed by atoms with Crippen molar-refractivity contribution < 1.29 is 19.4 Å². The van der Waals surface area contributed by atoms with Crippen LogP contribution in [0, 0.1) is 0 Å². The zero-order valence-electron chi connectivity index (χ0n) is 22.3. The quantitative estimate of drug-likeness (QED) is 0.183. The zero-order chi connectivity index (χ0) is 29.4. The highest BCUT2D eigenvalue weighted by Crippen LogP contribution is 2.40. The number of aromatic nitrogens is 1. The summed E-state index contributed by atoms with van der Waals surface area (Å²) >= 11 is 19.3. The Balaban J connectivity index is 1.19. The van der Waals surface area contributed by atoms with Crippen LogP contribution in [0.15, 0.2) is 72.9 Å². The van der Waals surface area contributed by atoms with Gasteiger partial charge in [0.1, 0.15) is 11.8 Å². The number of para-hydroxylation sites is 2. The van der Waals surface area contributed by atoms with Gasteiger partial charge in [-0.3, -0.25) is 4.79 Å². The van der Waals surface area contributed by atoms with E-state index in [9.17, 15) is 14.7 Å². The van der Waals surface area contributed by atoms with E-state index in [4.69, 9.17) is 39.5 Å². The van der Waals surface area contributed by atoms with E-state index in [2.05, 4.69) is 21.3 Å². The first-order chi connectivity index (χ1) is 20.3. The van der Waals surface area contributed by atoms with E-state index in [1.54, 1.807) is 42.6 Å². The molecule has 2 N–H and O–H groups in total. The molecule has 1 aliphatic carbocycles. The number of nitrogens with one attached hydrogen (secondary N) is 1.